The van der Waals surface area contributed by atoms with Gasteiger partial charge in [-0.3, -0.25) is 23.7 Å². The van der Waals surface area contributed by atoms with Gasteiger partial charge in [-0.15, -0.1) is 5.10 Å². The van der Waals surface area contributed by atoms with Gasteiger partial charge in [0, 0.05) is 37.4 Å². The van der Waals surface area contributed by atoms with Crippen LogP contribution in [0, 0.1) is 12.3 Å². The number of hydrogen-bond donors (Lipinski definition) is 2. The normalized spacial score (nSPS) is 12.1. The lowest BCUT2D eigenvalue weighted by Crippen LogP contribution is -2.56. The first-order valence-electron chi connectivity index (χ1n) is 16.8. The molecule has 1 saturated heterocycles. The Morgan fingerprint density at radius 1 is 0.833 bits per heavy atom. The van der Waals surface area contributed by atoms with Crippen molar-refractivity contribution in [1.82, 2.24) is 30.0 Å². The van der Waals surface area contributed by atoms with Crippen LogP contribution in [-0.2, 0) is 17.9 Å². The number of nitrogens with zero attached hydrogens (tertiary/aromatic N) is 5. The highest BCUT2D eigenvalue weighted by atomic mass is 16.2. The lowest BCUT2D eigenvalue weighted by atomic mass is 9.84. The van der Waals surface area contributed by atoms with Crippen LogP contribution in [0.25, 0.3) is 11.0 Å². The van der Waals surface area contributed by atoms with Crippen molar-refractivity contribution < 1.29 is 14.4 Å². The summed E-state index contributed by atoms with van der Waals surface area (Å²) in [5.74, 6) is -1.18. The standard InChI is InChI=1S/C29H29N7O4.4C2H6/c1-18-6-8-19(9-7-18)14-31-26(38)22-13-21-20(27(39)33-23-5-4-11-32-34-23)10-12-30-25(21)36(28(22)40)15-24(37)35-16-29(2,3)17-35;4*1-2/h4-13H,14-17H2,1-3H3,(H,31,38)(H,33,34,39);4*1-2H3. The van der Waals surface area contributed by atoms with E-state index in [2.05, 4.69) is 39.7 Å². The zero-order valence-electron chi connectivity index (χ0n) is 30.5. The summed E-state index contributed by atoms with van der Waals surface area (Å²) in [4.78, 5) is 59.2. The van der Waals surface area contributed by atoms with Crippen LogP contribution in [0.3, 0.4) is 0 Å². The van der Waals surface area contributed by atoms with E-state index in [1.165, 1.54) is 29.1 Å². The Bertz CT molecular complexity index is 1660. The van der Waals surface area contributed by atoms with Gasteiger partial charge in [0.2, 0.25) is 5.91 Å². The van der Waals surface area contributed by atoms with Crippen LogP contribution in [-0.4, -0.2) is 55.5 Å². The molecule has 1 aromatic carbocycles. The lowest BCUT2D eigenvalue weighted by Gasteiger charge is -2.45. The Labute approximate surface area is 285 Å². The third kappa shape index (κ3) is 10.8. The molecule has 1 fully saturated rings. The van der Waals surface area contributed by atoms with Crippen LogP contribution >= 0.6 is 0 Å². The van der Waals surface area contributed by atoms with E-state index < -0.39 is 17.4 Å². The molecule has 0 aliphatic carbocycles. The number of aryl methyl sites for hydroxylation is 1. The fourth-order valence-electron chi connectivity index (χ4n) is 4.71. The van der Waals surface area contributed by atoms with Gasteiger partial charge in [0.15, 0.2) is 5.82 Å². The topological polar surface area (TPSA) is 139 Å². The second kappa shape index (κ2) is 20.3. The second-order valence-corrected chi connectivity index (χ2v) is 10.7. The summed E-state index contributed by atoms with van der Waals surface area (Å²) in [6.45, 7) is 23.1. The van der Waals surface area contributed by atoms with Gasteiger partial charge in [0.1, 0.15) is 17.8 Å². The van der Waals surface area contributed by atoms with E-state index in [1.807, 2.05) is 86.6 Å². The molecule has 48 heavy (non-hydrogen) atoms. The van der Waals surface area contributed by atoms with Crippen LogP contribution in [0.2, 0.25) is 0 Å². The number of fused-ring (bicyclic) bond motifs is 1. The van der Waals surface area contributed by atoms with E-state index in [9.17, 15) is 19.2 Å². The fourth-order valence-corrected chi connectivity index (χ4v) is 4.71. The number of likely N-dealkylation sites (tertiary alicyclic amines) is 1. The third-order valence-corrected chi connectivity index (χ3v) is 6.75. The zero-order chi connectivity index (χ0) is 36.4. The summed E-state index contributed by atoms with van der Waals surface area (Å²) in [7, 11) is 0. The Morgan fingerprint density at radius 3 is 2.02 bits per heavy atom. The van der Waals surface area contributed by atoms with Gasteiger partial charge >= 0.3 is 0 Å². The van der Waals surface area contributed by atoms with Gasteiger partial charge in [0.25, 0.3) is 17.4 Å². The molecule has 0 spiro atoms. The Balaban J connectivity index is 0.00000134. The summed E-state index contributed by atoms with van der Waals surface area (Å²) in [6, 6.07) is 13.7. The van der Waals surface area contributed by atoms with Gasteiger partial charge in [0.05, 0.1) is 5.56 Å². The number of anilines is 1. The predicted octanol–water partition coefficient (Wildman–Crippen LogP) is 6.65. The van der Waals surface area contributed by atoms with Crippen LogP contribution in [0.5, 0.6) is 0 Å². The molecule has 3 amide bonds. The van der Waals surface area contributed by atoms with Crippen molar-refractivity contribution in [2.24, 2.45) is 5.41 Å². The van der Waals surface area contributed by atoms with Gasteiger partial charge < -0.3 is 15.5 Å². The molecule has 11 nitrogen and oxygen atoms in total. The molecule has 0 radical (unpaired) electrons. The lowest BCUT2D eigenvalue weighted by molar-refractivity contribution is -0.142. The summed E-state index contributed by atoms with van der Waals surface area (Å²) in [5.41, 5.74) is 1.38. The molecular weight excluding hydrogens is 606 g/mol. The number of pyridine rings is 2. The van der Waals surface area contributed by atoms with E-state index in [1.54, 1.807) is 17.0 Å². The molecule has 0 unspecified atom stereocenters. The highest BCUT2D eigenvalue weighted by molar-refractivity contribution is 6.12. The van der Waals surface area contributed by atoms with E-state index in [-0.39, 0.29) is 52.4 Å². The number of aromatic nitrogens is 4. The molecule has 1 aliphatic heterocycles. The maximum atomic E-state index is 13.6. The van der Waals surface area contributed by atoms with Gasteiger partial charge in [-0.1, -0.05) is 99.1 Å². The Hall–Kier alpha value is -4.93. The van der Waals surface area contributed by atoms with Crippen LogP contribution in [0.1, 0.15) is 101 Å². The number of benzene rings is 1. The minimum absolute atomic E-state index is 0.00421. The highest BCUT2D eigenvalue weighted by Crippen LogP contribution is 2.29. The summed E-state index contributed by atoms with van der Waals surface area (Å²) >= 11 is 0. The van der Waals surface area contributed by atoms with Crippen molar-refractivity contribution in [3.63, 3.8) is 0 Å². The smallest absolute Gasteiger partial charge is 0.265 e. The molecule has 11 heteroatoms. The number of rotatable bonds is 7. The number of carbonyl (C=O) groups is 3. The number of amides is 3. The number of hydrogen-bond acceptors (Lipinski definition) is 7. The van der Waals surface area contributed by atoms with Crippen LogP contribution < -0.4 is 16.2 Å². The SMILES string of the molecule is CC.CC.CC.CC.Cc1ccc(CNC(=O)c2cc3c(C(=O)Nc4cccnn4)ccnc3n(CC(=O)N3CC(C)(C)C3)c2=O)cc1. The summed E-state index contributed by atoms with van der Waals surface area (Å²) in [5, 5.41) is 13.3. The maximum absolute atomic E-state index is 13.6. The van der Waals surface area contributed by atoms with E-state index in [0.717, 1.165) is 11.1 Å². The van der Waals surface area contributed by atoms with Crippen molar-refractivity contribution >= 4 is 34.6 Å². The average Bonchev–Trinajstić information content (AvgIpc) is 3.11. The third-order valence-electron chi connectivity index (χ3n) is 6.75. The molecule has 0 bridgehead atoms. The molecule has 5 rings (SSSR count). The van der Waals surface area contributed by atoms with E-state index in [0.29, 0.717) is 13.1 Å². The molecule has 0 atom stereocenters. The molecule has 1 aliphatic rings. The Kier molecular flexibility index (Phi) is 17.4. The molecule has 3 aromatic heterocycles. The highest BCUT2D eigenvalue weighted by Gasteiger charge is 2.37. The zero-order valence-corrected chi connectivity index (χ0v) is 30.5. The number of carbonyl (C=O) groups excluding carboxylic acids is 3. The van der Waals surface area contributed by atoms with Gasteiger partial charge in [-0.25, -0.2) is 4.98 Å². The monoisotopic (exact) mass is 659 g/mol. The fraction of sp³-hybridized carbons (Fsp3) is 0.432. The molecule has 260 valence electrons. The molecule has 2 N–H and O–H groups in total. The first-order valence-corrected chi connectivity index (χ1v) is 16.8. The van der Waals surface area contributed by atoms with E-state index in [4.69, 9.17) is 0 Å². The Morgan fingerprint density at radius 2 is 1.46 bits per heavy atom. The quantitative estimate of drug-likeness (QED) is 0.226. The minimum atomic E-state index is -0.666. The first kappa shape index (κ1) is 41.1. The average molecular weight is 660 g/mol. The summed E-state index contributed by atoms with van der Waals surface area (Å²) < 4.78 is 1.17. The predicted molar refractivity (Wildman–Crippen MR) is 194 cm³/mol. The molecule has 4 aromatic rings. The second-order valence-electron chi connectivity index (χ2n) is 10.7. The van der Waals surface area contributed by atoms with Gasteiger partial charge in [-0.05, 0) is 42.2 Å². The van der Waals surface area contributed by atoms with Crippen molar-refractivity contribution in [2.45, 2.75) is 89.3 Å². The van der Waals surface area contributed by atoms with E-state index >= 15 is 0 Å². The minimum Gasteiger partial charge on any atom is -0.348 e. The molecular formula is C37H53N7O4. The summed E-state index contributed by atoms with van der Waals surface area (Å²) in [6.07, 6.45) is 2.87. The molecule has 4 heterocycles. The van der Waals surface area contributed by atoms with Crippen molar-refractivity contribution in [3.05, 3.63) is 93.5 Å². The van der Waals surface area contributed by atoms with Crippen LogP contribution in [0.15, 0.2) is 65.7 Å². The first-order chi connectivity index (χ1) is 23.1. The van der Waals surface area contributed by atoms with Crippen LogP contribution in [0.4, 0.5) is 5.82 Å². The van der Waals surface area contributed by atoms with Crippen molar-refractivity contribution in [3.8, 4) is 0 Å². The maximum Gasteiger partial charge on any atom is 0.265 e. The molecule has 0 saturated carbocycles. The number of nitrogens with one attached hydrogen (secondary N) is 2. The van der Waals surface area contributed by atoms with Crippen molar-refractivity contribution in [2.75, 3.05) is 18.4 Å². The van der Waals surface area contributed by atoms with Crippen molar-refractivity contribution in [1.29, 1.82) is 0 Å². The van der Waals surface area contributed by atoms with Gasteiger partial charge in [-0.2, -0.15) is 5.10 Å². The largest absolute Gasteiger partial charge is 0.348 e.